The second-order valence-electron chi connectivity index (χ2n) is 2.38. The Morgan fingerprint density at radius 2 is 2.18 bits per heavy atom. The zero-order valence-electron chi connectivity index (χ0n) is 10.9. The van der Waals surface area contributed by atoms with Crippen LogP contribution in [0.3, 0.4) is 0 Å². The summed E-state index contributed by atoms with van der Waals surface area (Å²) in [5.74, 6) is 0. The van der Waals surface area contributed by atoms with Crippen LogP contribution in [0.25, 0.3) is 0 Å². The predicted molar refractivity (Wildman–Crippen MR) is 38.2 cm³/mol. The average Bonchev–Trinajstić information content (AvgIpc) is 1.95. The minimum atomic E-state index is -4.32. The lowest BCUT2D eigenvalue weighted by Gasteiger charge is -2.43. The first kappa shape index (κ1) is 3.88. The molecular formula is C6H11O4P. The lowest BCUT2D eigenvalue weighted by Crippen LogP contribution is -2.43. The molecule has 0 aromatic carbocycles. The molecule has 1 atom stereocenters. The van der Waals surface area contributed by atoms with Gasteiger partial charge >= 0.3 is 7.82 Å². The minimum Gasteiger partial charge on any atom is -0.286 e. The predicted octanol–water partition coefficient (Wildman–Crippen LogP) is 1.57. The molecule has 3 saturated heterocycles. The van der Waals surface area contributed by atoms with Crippen LogP contribution in [0.2, 0.25) is 0 Å². The fourth-order valence-electron chi connectivity index (χ4n) is 0.788. The van der Waals surface area contributed by atoms with Crippen molar-refractivity contribution in [3.05, 3.63) is 0 Å². The molecule has 0 amide bonds. The molecule has 3 aliphatic heterocycles. The van der Waals surface area contributed by atoms with Crippen LogP contribution in [0.1, 0.15) is 20.2 Å². The van der Waals surface area contributed by atoms with E-state index < -0.39 is 32.9 Å². The van der Waals surface area contributed by atoms with Gasteiger partial charge in [-0.15, -0.1) is 0 Å². The monoisotopic (exact) mass is 183 g/mol. The first-order chi connectivity index (χ1) is 7.10. The van der Waals surface area contributed by atoms with Crippen LogP contribution in [-0.4, -0.2) is 19.7 Å². The summed E-state index contributed by atoms with van der Waals surface area (Å²) < 4.78 is 63.5. The summed E-state index contributed by atoms with van der Waals surface area (Å²) in [5.41, 5.74) is -1.95. The molecule has 5 heteroatoms. The summed E-state index contributed by atoms with van der Waals surface area (Å²) in [6.07, 6.45) is -0.0822. The summed E-state index contributed by atoms with van der Waals surface area (Å²) in [6, 6.07) is 0. The molecule has 3 fully saturated rings. The molecule has 3 aliphatic rings. The van der Waals surface area contributed by atoms with E-state index in [-0.39, 0.29) is 6.42 Å². The smallest absolute Gasteiger partial charge is 0.286 e. The standard InChI is InChI=1S/C6H11O4P/c1-2-6-3-8-11(7,9-4-6)10-5-6/h2-5H2,1H3/i3D,4D2,5D2. The van der Waals surface area contributed by atoms with E-state index in [2.05, 4.69) is 13.6 Å². The number of rotatable bonds is 1. The van der Waals surface area contributed by atoms with Crippen LogP contribution in [0, 0.1) is 5.41 Å². The van der Waals surface area contributed by atoms with Gasteiger partial charge < -0.3 is 0 Å². The van der Waals surface area contributed by atoms with Gasteiger partial charge in [0, 0.05) is 5.41 Å². The quantitative estimate of drug-likeness (QED) is 0.579. The topological polar surface area (TPSA) is 44.8 Å². The third kappa shape index (κ3) is 1.14. The molecule has 2 bridgehead atoms. The number of phosphoric ester groups is 1. The molecule has 0 aliphatic carbocycles. The Hall–Kier alpha value is 0.110. The van der Waals surface area contributed by atoms with Gasteiger partial charge in [-0.05, 0) is 6.42 Å². The Morgan fingerprint density at radius 3 is 2.64 bits per heavy atom. The molecular weight excluding hydrogens is 167 g/mol. The van der Waals surface area contributed by atoms with Crippen LogP contribution in [0.5, 0.6) is 0 Å². The van der Waals surface area contributed by atoms with Crippen LogP contribution in [-0.2, 0) is 18.1 Å². The molecule has 11 heavy (non-hydrogen) atoms. The summed E-state index contributed by atoms with van der Waals surface area (Å²) in [7, 11) is -4.32. The van der Waals surface area contributed by atoms with Gasteiger partial charge in [0.15, 0.2) is 0 Å². The number of hydrogen-bond donors (Lipinski definition) is 0. The van der Waals surface area contributed by atoms with Crippen molar-refractivity contribution in [1.29, 1.82) is 0 Å². The van der Waals surface area contributed by atoms with Gasteiger partial charge in [0.1, 0.15) is 0 Å². The molecule has 0 N–H and O–H groups in total. The molecule has 3 rings (SSSR count). The van der Waals surface area contributed by atoms with Crippen molar-refractivity contribution in [3.63, 3.8) is 0 Å². The highest BCUT2D eigenvalue weighted by Gasteiger charge is 2.49. The maximum atomic E-state index is 11.7. The van der Waals surface area contributed by atoms with Crippen molar-refractivity contribution in [3.8, 4) is 0 Å². The van der Waals surface area contributed by atoms with Crippen molar-refractivity contribution < 1.29 is 25.0 Å². The maximum absolute atomic E-state index is 11.7. The Morgan fingerprint density at radius 1 is 1.55 bits per heavy atom. The summed E-state index contributed by atoms with van der Waals surface area (Å²) in [6.45, 7) is -5.27. The second-order valence-corrected chi connectivity index (χ2v) is 3.85. The van der Waals surface area contributed by atoms with Crippen molar-refractivity contribution in [2.45, 2.75) is 13.3 Å². The van der Waals surface area contributed by atoms with E-state index in [1.165, 1.54) is 6.92 Å². The van der Waals surface area contributed by atoms with Gasteiger partial charge in [-0.25, -0.2) is 4.57 Å². The maximum Gasteiger partial charge on any atom is 0.474 e. The lowest BCUT2D eigenvalue weighted by molar-refractivity contribution is -0.0951. The van der Waals surface area contributed by atoms with Gasteiger partial charge in [0.2, 0.25) is 0 Å². The second kappa shape index (κ2) is 2.30. The van der Waals surface area contributed by atoms with E-state index in [9.17, 15) is 4.57 Å². The van der Waals surface area contributed by atoms with Crippen LogP contribution >= 0.6 is 7.82 Å². The highest BCUT2D eigenvalue weighted by Crippen LogP contribution is 2.60. The highest BCUT2D eigenvalue weighted by atomic mass is 31.2. The van der Waals surface area contributed by atoms with E-state index in [1.807, 2.05) is 0 Å². The molecule has 1 unspecified atom stereocenters. The van der Waals surface area contributed by atoms with Crippen LogP contribution in [0.4, 0.5) is 0 Å². The lowest BCUT2D eigenvalue weighted by atomic mass is 9.88. The van der Waals surface area contributed by atoms with E-state index in [1.54, 1.807) is 0 Å². The summed E-state index contributed by atoms with van der Waals surface area (Å²) in [4.78, 5) is 0. The van der Waals surface area contributed by atoms with E-state index in [0.717, 1.165) is 0 Å². The van der Waals surface area contributed by atoms with E-state index in [4.69, 9.17) is 6.85 Å². The fourth-order valence-corrected chi connectivity index (χ4v) is 1.77. The third-order valence-electron chi connectivity index (χ3n) is 1.62. The Kier molecular flexibility index (Phi) is 0.810. The van der Waals surface area contributed by atoms with Crippen LogP contribution < -0.4 is 0 Å². The average molecular weight is 183 g/mol. The number of phosphoric acid groups is 1. The van der Waals surface area contributed by atoms with Crippen molar-refractivity contribution >= 4 is 7.82 Å². The Balaban J connectivity index is 2.63. The molecule has 3 heterocycles. The molecule has 0 spiro atoms. The van der Waals surface area contributed by atoms with Crippen molar-refractivity contribution in [1.82, 2.24) is 0 Å². The molecule has 0 aromatic heterocycles. The number of fused-ring (bicyclic) bond motifs is 3. The SMILES string of the molecule is [2H]C1OP2(=O)OC([2H])([2H])C1(CC)C([2H])([2H])O2. The zero-order valence-corrected chi connectivity index (χ0v) is 6.76. The Bertz CT molecular complexity index is 350. The van der Waals surface area contributed by atoms with Gasteiger partial charge in [-0.2, -0.15) is 0 Å². The summed E-state index contributed by atoms with van der Waals surface area (Å²) >= 11 is 0. The van der Waals surface area contributed by atoms with Crippen molar-refractivity contribution in [2.75, 3.05) is 19.7 Å². The van der Waals surface area contributed by atoms with Gasteiger partial charge in [0.05, 0.1) is 26.6 Å². The number of hydrogen-bond acceptors (Lipinski definition) is 4. The normalized spacial score (nSPS) is 72.1. The van der Waals surface area contributed by atoms with Crippen molar-refractivity contribution in [2.24, 2.45) is 5.41 Å². The van der Waals surface area contributed by atoms with Gasteiger partial charge in [-0.1, -0.05) is 6.92 Å². The largest absolute Gasteiger partial charge is 0.474 e. The van der Waals surface area contributed by atoms with Crippen LogP contribution in [0.15, 0.2) is 0 Å². The van der Waals surface area contributed by atoms with E-state index >= 15 is 0 Å². The molecule has 0 radical (unpaired) electrons. The highest BCUT2D eigenvalue weighted by molar-refractivity contribution is 7.48. The zero-order chi connectivity index (χ0) is 12.4. The molecule has 0 saturated carbocycles. The molecule has 64 valence electrons. The molecule has 4 nitrogen and oxygen atoms in total. The Labute approximate surface area is 72.5 Å². The minimum absolute atomic E-state index is 0.0822. The first-order valence-corrected chi connectivity index (χ1v) is 4.68. The summed E-state index contributed by atoms with van der Waals surface area (Å²) in [5, 5.41) is 0. The van der Waals surface area contributed by atoms with E-state index in [0.29, 0.717) is 0 Å². The third-order valence-corrected chi connectivity index (χ3v) is 2.61. The fraction of sp³-hybridized carbons (Fsp3) is 1.00. The first-order valence-electron chi connectivity index (χ1n) is 5.80. The molecule has 0 aromatic rings. The van der Waals surface area contributed by atoms with Gasteiger partial charge in [0.25, 0.3) is 0 Å². The van der Waals surface area contributed by atoms with Gasteiger partial charge in [-0.3, -0.25) is 13.6 Å².